The quantitative estimate of drug-likeness (QED) is 0.713. The number of carbonyl (C=O) groups excluding carboxylic acids is 1. The molecule has 0 radical (unpaired) electrons. The summed E-state index contributed by atoms with van der Waals surface area (Å²) in [6, 6.07) is 6.29. The number of carboxylic acid groups (broad SMARTS) is 1. The van der Waals surface area contributed by atoms with Gasteiger partial charge >= 0.3 is 5.97 Å². The molecule has 0 heterocycles. The predicted molar refractivity (Wildman–Crippen MR) is 53.6 cm³/mol. The molecule has 0 saturated carbocycles. The van der Waals surface area contributed by atoms with Crippen molar-refractivity contribution in [3.63, 3.8) is 0 Å². The minimum atomic E-state index is -0.977. The van der Waals surface area contributed by atoms with Crippen LogP contribution < -0.4 is 0 Å². The Labute approximate surface area is 87.2 Å². The third kappa shape index (κ3) is 3.42. The lowest BCUT2D eigenvalue weighted by Crippen LogP contribution is -2.16. The SMILES string of the molecule is O=CCC(Cc1ccc(O)cc1)C(=O)O. The van der Waals surface area contributed by atoms with Crippen LogP contribution in [-0.4, -0.2) is 22.5 Å². The second-order valence-electron chi connectivity index (χ2n) is 3.31. The van der Waals surface area contributed by atoms with Crippen LogP contribution in [0.25, 0.3) is 0 Å². The molecular formula is C11H12O4. The Kier molecular flexibility index (Phi) is 3.85. The molecule has 1 aromatic carbocycles. The number of phenols is 1. The van der Waals surface area contributed by atoms with Gasteiger partial charge in [0.25, 0.3) is 0 Å². The van der Waals surface area contributed by atoms with Crippen molar-refractivity contribution in [3.8, 4) is 5.75 Å². The lowest BCUT2D eigenvalue weighted by molar-refractivity contribution is -0.142. The molecule has 0 aromatic heterocycles. The van der Waals surface area contributed by atoms with Crippen LogP contribution in [0, 0.1) is 5.92 Å². The summed E-state index contributed by atoms with van der Waals surface area (Å²) >= 11 is 0. The molecule has 0 amide bonds. The smallest absolute Gasteiger partial charge is 0.307 e. The minimum absolute atomic E-state index is 0.0101. The highest BCUT2D eigenvalue weighted by atomic mass is 16.4. The number of carbonyl (C=O) groups is 2. The Morgan fingerprint density at radius 3 is 2.40 bits per heavy atom. The van der Waals surface area contributed by atoms with E-state index in [1.807, 2.05) is 0 Å². The lowest BCUT2D eigenvalue weighted by Gasteiger charge is -2.08. The fourth-order valence-corrected chi connectivity index (χ4v) is 1.30. The van der Waals surface area contributed by atoms with Gasteiger partial charge in [-0.1, -0.05) is 12.1 Å². The maximum absolute atomic E-state index is 10.8. The fraction of sp³-hybridized carbons (Fsp3) is 0.273. The van der Waals surface area contributed by atoms with E-state index in [0.717, 1.165) is 5.56 Å². The Bertz CT molecular complexity index is 342. The van der Waals surface area contributed by atoms with Gasteiger partial charge in [0, 0.05) is 6.42 Å². The van der Waals surface area contributed by atoms with Gasteiger partial charge in [-0.3, -0.25) is 4.79 Å². The summed E-state index contributed by atoms with van der Waals surface area (Å²) in [6.07, 6.45) is 0.920. The van der Waals surface area contributed by atoms with Crippen molar-refractivity contribution < 1.29 is 19.8 Å². The van der Waals surface area contributed by atoms with Gasteiger partial charge in [-0.15, -0.1) is 0 Å². The Morgan fingerprint density at radius 2 is 1.93 bits per heavy atom. The number of hydrogen-bond acceptors (Lipinski definition) is 3. The molecule has 2 N–H and O–H groups in total. The second-order valence-corrected chi connectivity index (χ2v) is 3.31. The molecule has 1 unspecified atom stereocenters. The zero-order valence-electron chi connectivity index (χ0n) is 8.09. The topological polar surface area (TPSA) is 74.6 Å². The number of aromatic hydroxyl groups is 1. The Morgan fingerprint density at radius 1 is 1.33 bits per heavy atom. The highest BCUT2D eigenvalue weighted by Gasteiger charge is 2.17. The van der Waals surface area contributed by atoms with Crippen molar-refractivity contribution in [2.24, 2.45) is 5.92 Å². The number of aldehydes is 1. The van der Waals surface area contributed by atoms with Crippen LogP contribution in [0.1, 0.15) is 12.0 Å². The van der Waals surface area contributed by atoms with Crippen LogP contribution in [0.3, 0.4) is 0 Å². The van der Waals surface area contributed by atoms with Gasteiger partial charge in [-0.2, -0.15) is 0 Å². The Balaban J connectivity index is 2.69. The normalized spacial score (nSPS) is 12.0. The summed E-state index contributed by atoms with van der Waals surface area (Å²) in [7, 11) is 0. The highest BCUT2D eigenvalue weighted by Crippen LogP contribution is 2.15. The van der Waals surface area contributed by atoms with Crippen LogP contribution in [0.4, 0.5) is 0 Å². The number of carboxylic acids is 1. The average molecular weight is 208 g/mol. The van der Waals surface area contributed by atoms with E-state index < -0.39 is 11.9 Å². The molecule has 1 atom stereocenters. The molecule has 4 nitrogen and oxygen atoms in total. The van der Waals surface area contributed by atoms with Crippen LogP contribution in [0.15, 0.2) is 24.3 Å². The van der Waals surface area contributed by atoms with E-state index in [2.05, 4.69) is 0 Å². The van der Waals surface area contributed by atoms with Crippen molar-refractivity contribution in [3.05, 3.63) is 29.8 Å². The van der Waals surface area contributed by atoms with Crippen molar-refractivity contribution >= 4 is 12.3 Å². The molecule has 0 aliphatic carbocycles. The molecule has 15 heavy (non-hydrogen) atoms. The minimum Gasteiger partial charge on any atom is -0.508 e. The van der Waals surface area contributed by atoms with E-state index in [9.17, 15) is 9.59 Å². The summed E-state index contributed by atoms with van der Waals surface area (Å²) in [5, 5.41) is 17.8. The second kappa shape index (κ2) is 5.14. The number of rotatable bonds is 5. The zero-order valence-corrected chi connectivity index (χ0v) is 8.09. The monoisotopic (exact) mass is 208 g/mol. The molecule has 0 spiro atoms. The van der Waals surface area contributed by atoms with Crippen molar-refractivity contribution in [2.45, 2.75) is 12.8 Å². The van der Waals surface area contributed by atoms with E-state index in [1.54, 1.807) is 12.1 Å². The first-order chi connectivity index (χ1) is 7.13. The maximum Gasteiger partial charge on any atom is 0.307 e. The largest absolute Gasteiger partial charge is 0.508 e. The molecule has 0 aliphatic rings. The number of phenolic OH excluding ortho intramolecular Hbond substituents is 1. The standard InChI is InChI=1S/C11H12O4/c12-6-5-9(11(14)15)7-8-1-3-10(13)4-2-8/h1-4,6,9,13H,5,7H2,(H,14,15). The van der Waals surface area contributed by atoms with Gasteiger partial charge in [0.05, 0.1) is 5.92 Å². The molecule has 1 rings (SSSR count). The molecule has 4 heteroatoms. The summed E-state index contributed by atoms with van der Waals surface area (Å²) in [5.41, 5.74) is 0.794. The number of hydrogen-bond donors (Lipinski definition) is 2. The van der Waals surface area contributed by atoms with Crippen LogP contribution in [-0.2, 0) is 16.0 Å². The van der Waals surface area contributed by atoms with Crippen LogP contribution in [0.2, 0.25) is 0 Å². The summed E-state index contributed by atoms with van der Waals surface area (Å²) < 4.78 is 0. The highest BCUT2D eigenvalue weighted by molar-refractivity contribution is 5.73. The fourth-order valence-electron chi connectivity index (χ4n) is 1.30. The number of benzene rings is 1. The maximum atomic E-state index is 10.8. The molecule has 0 bridgehead atoms. The molecule has 0 saturated heterocycles. The average Bonchev–Trinajstić information content (AvgIpc) is 2.20. The molecule has 0 fully saturated rings. The molecule has 80 valence electrons. The molecular weight excluding hydrogens is 196 g/mol. The van der Waals surface area contributed by atoms with Crippen molar-refractivity contribution in [1.82, 2.24) is 0 Å². The number of aliphatic carboxylic acids is 1. The lowest BCUT2D eigenvalue weighted by atomic mass is 9.97. The first-order valence-electron chi connectivity index (χ1n) is 4.58. The van der Waals surface area contributed by atoms with Crippen LogP contribution in [0.5, 0.6) is 5.75 Å². The van der Waals surface area contributed by atoms with E-state index in [1.165, 1.54) is 12.1 Å². The van der Waals surface area contributed by atoms with Crippen LogP contribution >= 0.6 is 0 Å². The van der Waals surface area contributed by atoms with Gasteiger partial charge in [-0.05, 0) is 24.1 Å². The predicted octanol–water partition coefficient (Wildman–Crippen LogP) is 1.22. The summed E-state index contributed by atoms with van der Waals surface area (Å²) in [6.45, 7) is 0. The van der Waals surface area contributed by atoms with E-state index in [0.29, 0.717) is 12.7 Å². The first-order valence-corrected chi connectivity index (χ1v) is 4.58. The third-order valence-electron chi connectivity index (χ3n) is 2.15. The zero-order chi connectivity index (χ0) is 11.3. The van der Waals surface area contributed by atoms with E-state index >= 15 is 0 Å². The van der Waals surface area contributed by atoms with Crippen molar-refractivity contribution in [1.29, 1.82) is 0 Å². The molecule has 1 aromatic rings. The van der Waals surface area contributed by atoms with Gasteiger partial charge in [0.1, 0.15) is 12.0 Å². The van der Waals surface area contributed by atoms with Gasteiger partial charge in [-0.25, -0.2) is 0 Å². The van der Waals surface area contributed by atoms with Gasteiger partial charge < -0.3 is 15.0 Å². The molecule has 0 aliphatic heterocycles. The third-order valence-corrected chi connectivity index (χ3v) is 2.15. The van der Waals surface area contributed by atoms with E-state index in [-0.39, 0.29) is 12.2 Å². The van der Waals surface area contributed by atoms with Gasteiger partial charge in [0.15, 0.2) is 0 Å². The Hall–Kier alpha value is -1.84. The van der Waals surface area contributed by atoms with Gasteiger partial charge in [0.2, 0.25) is 0 Å². The first kappa shape index (κ1) is 11.2. The van der Waals surface area contributed by atoms with Crippen molar-refractivity contribution in [2.75, 3.05) is 0 Å². The summed E-state index contributed by atoms with van der Waals surface area (Å²) in [4.78, 5) is 21.0. The van der Waals surface area contributed by atoms with E-state index in [4.69, 9.17) is 10.2 Å². The summed E-state index contributed by atoms with van der Waals surface area (Å²) in [5.74, 6) is -1.52.